The van der Waals surface area contributed by atoms with Gasteiger partial charge in [-0.2, -0.15) is 4.68 Å². The van der Waals surface area contributed by atoms with Crippen molar-refractivity contribution in [1.82, 2.24) is 25.1 Å². The van der Waals surface area contributed by atoms with Gasteiger partial charge in [-0.3, -0.25) is 4.90 Å². The van der Waals surface area contributed by atoms with Crippen LogP contribution < -0.4 is 4.90 Å². The molecule has 10 heteroatoms. The molecular weight excluding hydrogens is 520 g/mol. The Kier molecular flexibility index (Phi) is 8.61. The number of aromatic nitrogens is 4. The van der Waals surface area contributed by atoms with Crippen LogP contribution in [0.25, 0.3) is 11.4 Å². The lowest BCUT2D eigenvalue weighted by atomic mass is 9.98. The van der Waals surface area contributed by atoms with Crippen molar-refractivity contribution in [1.29, 1.82) is 0 Å². The zero-order valence-electron chi connectivity index (χ0n) is 23.6. The molecule has 0 radical (unpaired) electrons. The Morgan fingerprint density at radius 1 is 1.00 bits per heavy atom. The monoisotopic (exact) mass is 556 g/mol. The van der Waals surface area contributed by atoms with E-state index in [9.17, 15) is 15.0 Å². The molecule has 41 heavy (non-hydrogen) atoms. The van der Waals surface area contributed by atoms with Gasteiger partial charge in [0.05, 0.1) is 0 Å². The fraction of sp³-hybridized carbons (Fsp3) is 0.355. The Labute approximate surface area is 239 Å². The number of carboxylic acids is 1. The fourth-order valence-corrected chi connectivity index (χ4v) is 5.57. The summed E-state index contributed by atoms with van der Waals surface area (Å²) in [5.74, 6) is -0.671. The summed E-state index contributed by atoms with van der Waals surface area (Å²) in [7, 11) is 0. The first-order valence-corrected chi connectivity index (χ1v) is 13.9. The van der Waals surface area contributed by atoms with Gasteiger partial charge in [0, 0.05) is 55.6 Å². The van der Waals surface area contributed by atoms with E-state index in [4.69, 9.17) is 4.74 Å². The van der Waals surface area contributed by atoms with Crippen molar-refractivity contribution in [2.75, 3.05) is 24.6 Å². The topological polar surface area (TPSA) is 117 Å². The van der Waals surface area contributed by atoms with Crippen LogP contribution in [0.1, 0.15) is 43.7 Å². The molecule has 5 rings (SSSR count). The number of hydrogen-bond acceptors (Lipinski definition) is 8. The lowest BCUT2D eigenvalue weighted by molar-refractivity contribution is -0.157. The molecule has 3 aromatic carbocycles. The molecule has 1 aliphatic rings. The van der Waals surface area contributed by atoms with Gasteiger partial charge in [-0.05, 0) is 66.4 Å². The second-order valence-corrected chi connectivity index (χ2v) is 10.6. The highest BCUT2D eigenvalue weighted by Gasteiger charge is 2.30. The van der Waals surface area contributed by atoms with Gasteiger partial charge in [-0.15, -0.1) is 5.10 Å². The van der Waals surface area contributed by atoms with Crippen LogP contribution in [0.4, 0.5) is 5.69 Å². The Morgan fingerprint density at radius 3 is 2.51 bits per heavy atom. The third-order valence-electron chi connectivity index (χ3n) is 7.54. The molecule has 1 fully saturated rings. The lowest BCUT2D eigenvalue weighted by Gasteiger charge is -2.45. The number of benzene rings is 3. The Balaban J connectivity index is 1.39. The van der Waals surface area contributed by atoms with E-state index >= 15 is 0 Å². The molecular formula is C31H36N6O4. The molecule has 2 heterocycles. The molecule has 1 aromatic heterocycles. The van der Waals surface area contributed by atoms with Crippen molar-refractivity contribution in [3.05, 3.63) is 89.5 Å². The van der Waals surface area contributed by atoms with Crippen molar-refractivity contribution in [3.63, 3.8) is 0 Å². The number of tetrazole rings is 1. The summed E-state index contributed by atoms with van der Waals surface area (Å²) >= 11 is 0. The van der Waals surface area contributed by atoms with E-state index in [2.05, 4.69) is 69.5 Å². The Hall–Kier alpha value is -4.28. The minimum Gasteiger partial charge on any atom is -0.508 e. The molecule has 0 unspecified atom stereocenters. The average molecular weight is 557 g/mol. The van der Waals surface area contributed by atoms with Crippen molar-refractivity contribution >= 4 is 11.7 Å². The number of carbonyl (C=O) groups is 1. The number of aliphatic carboxylic acids is 1. The van der Waals surface area contributed by atoms with E-state index in [1.165, 1.54) is 10.2 Å². The third kappa shape index (κ3) is 6.39. The summed E-state index contributed by atoms with van der Waals surface area (Å²) in [5.41, 5.74) is 4.81. The first-order chi connectivity index (χ1) is 19.8. The van der Waals surface area contributed by atoms with Crippen LogP contribution in [0.5, 0.6) is 5.75 Å². The van der Waals surface area contributed by atoms with Crippen LogP contribution in [0, 0.1) is 0 Å². The van der Waals surface area contributed by atoms with Crippen LogP contribution in [0.2, 0.25) is 0 Å². The predicted octanol–water partition coefficient (Wildman–Crippen LogP) is 4.36. The molecule has 4 aromatic rings. The van der Waals surface area contributed by atoms with E-state index in [1.807, 2.05) is 36.4 Å². The number of phenolic OH excluding ortho intramolecular Hbond substituents is 1. The number of rotatable bonds is 10. The van der Waals surface area contributed by atoms with Crippen LogP contribution in [0.3, 0.4) is 0 Å². The van der Waals surface area contributed by atoms with Gasteiger partial charge in [-0.1, -0.05) is 54.6 Å². The quantitative estimate of drug-likeness (QED) is 0.294. The van der Waals surface area contributed by atoms with Crippen LogP contribution in [0.15, 0.2) is 72.8 Å². The van der Waals surface area contributed by atoms with Gasteiger partial charge in [-0.25, -0.2) is 4.79 Å². The normalized spacial score (nSPS) is 18.4. The second-order valence-electron chi connectivity index (χ2n) is 10.6. The number of piperazine rings is 1. The second kappa shape index (κ2) is 12.5. The molecule has 0 bridgehead atoms. The highest BCUT2D eigenvalue weighted by atomic mass is 16.5. The van der Waals surface area contributed by atoms with Crippen molar-refractivity contribution in [2.45, 2.75) is 52.0 Å². The molecule has 214 valence electrons. The van der Waals surface area contributed by atoms with E-state index in [0.717, 1.165) is 36.4 Å². The molecule has 10 nitrogen and oxygen atoms in total. The Bertz CT molecular complexity index is 1480. The van der Waals surface area contributed by atoms with Gasteiger partial charge in [0.2, 0.25) is 0 Å². The van der Waals surface area contributed by atoms with Crippen LogP contribution in [-0.2, 0) is 22.5 Å². The number of aromatic hydroxyl groups is 1. The van der Waals surface area contributed by atoms with Gasteiger partial charge in [0.1, 0.15) is 5.75 Å². The summed E-state index contributed by atoms with van der Waals surface area (Å²) in [6, 6.07) is 24.4. The summed E-state index contributed by atoms with van der Waals surface area (Å²) in [4.78, 5) is 16.7. The van der Waals surface area contributed by atoms with Crippen LogP contribution >= 0.6 is 0 Å². The van der Waals surface area contributed by atoms with Crippen LogP contribution in [-0.4, -0.2) is 73.1 Å². The third-order valence-corrected chi connectivity index (χ3v) is 7.54. The Morgan fingerprint density at radius 2 is 1.76 bits per heavy atom. The maximum atomic E-state index is 11.9. The molecule has 0 saturated carbocycles. The molecule has 1 aliphatic heterocycles. The lowest BCUT2D eigenvalue weighted by Crippen LogP contribution is -2.56. The molecule has 0 aliphatic carbocycles. The van der Waals surface area contributed by atoms with Crippen molar-refractivity contribution < 1.29 is 19.7 Å². The highest BCUT2D eigenvalue weighted by Crippen LogP contribution is 2.32. The smallest absolute Gasteiger partial charge is 0.356 e. The van der Waals surface area contributed by atoms with E-state index in [1.54, 1.807) is 13.0 Å². The summed E-state index contributed by atoms with van der Waals surface area (Å²) in [5, 5.41) is 32.2. The van der Waals surface area contributed by atoms with Gasteiger partial charge in [0.25, 0.3) is 6.23 Å². The van der Waals surface area contributed by atoms with Crippen molar-refractivity contribution in [3.8, 4) is 17.1 Å². The maximum Gasteiger partial charge on any atom is 0.356 e. The van der Waals surface area contributed by atoms with Gasteiger partial charge in [0.15, 0.2) is 5.82 Å². The van der Waals surface area contributed by atoms with Gasteiger partial charge >= 0.3 is 5.97 Å². The predicted molar refractivity (Wildman–Crippen MR) is 156 cm³/mol. The summed E-state index contributed by atoms with van der Waals surface area (Å²) in [6.07, 6.45) is -0.844. The summed E-state index contributed by atoms with van der Waals surface area (Å²) in [6.45, 7) is 9.05. The maximum absolute atomic E-state index is 11.9. The number of carboxylic acid groups (broad SMARTS) is 1. The highest BCUT2D eigenvalue weighted by molar-refractivity contribution is 5.72. The number of nitrogens with zero attached hydrogens (tertiary/aromatic N) is 6. The molecule has 3 atom stereocenters. The van der Waals surface area contributed by atoms with Crippen molar-refractivity contribution in [2.24, 2.45) is 0 Å². The zero-order chi connectivity index (χ0) is 28.9. The van der Waals surface area contributed by atoms with E-state index < -0.39 is 12.2 Å². The minimum atomic E-state index is -1.34. The first-order valence-electron chi connectivity index (χ1n) is 13.9. The molecule has 2 N–H and O–H groups in total. The number of hydrogen-bond donors (Lipinski definition) is 2. The SMILES string of the molecule is CCO[C@H](C(=O)O)n1nnnc1-c1ccccc1Cc1cc(O)cc(N2C[C@@H](C)N(Cc3ccccc3)C[C@@H]2C)c1. The average Bonchev–Trinajstić information content (AvgIpc) is 3.43. The summed E-state index contributed by atoms with van der Waals surface area (Å²) < 4.78 is 6.60. The van der Waals surface area contributed by atoms with E-state index in [0.29, 0.717) is 23.9 Å². The molecule has 1 saturated heterocycles. The zero-order valence-corrected chi connectivity index (χ0v) is 23.6. The van der Waals surface area contributed by atoms with E-state index in [-0.39, 0.29) is 18.4 Å². The number of anilines is 1. The first kappa shape index (κ1) is 28.3. The fourth-order valence-electron chi connectivity index (χ4n) is 5.57. The number of phenols is 1. The minimum absolute atomic E-state index is 0.196. The molecule has 0 spiro atoms. The molecule has 0 amide bonds. The van der Waals surface area contributed by atoms with Gasteiger partial charge < -0.3 is 19.8 Å². The largest absolute Gasteiger partial charge is 0.508 e. The standard InChI is InChI=1S/C31H36N6O4/c1-4-41-30(31(39)40)37-29(32-33-34-37)28-13-9-8-12-25(28)14-24-15-26(17-27(38)16-24)36-19-21(2)35(18-22(36)3)20-23-10-6-5-7-11-23/h5-13,15-17,21-22,30,38H,4,14,18-20H2,1-3H3,(H,39,40)/t21-,22+,30-/m1/s1. The number of ether oxygens (including phenoxy) is 1.